The molecule has 114 valence electrons. The first-order valence-corrected chi connectivity index (χ1v) is 7.34. The van der Waals surface area contributed by atoms with Crippen LogP contribution in [-0.2, 0) is 4.74 Å². The molecule has 1 unspecified atom stereocenters. The Labute approximate surface area is 130 Å². The number of imidazole rings is 1. The van der Waals surface area contributed by atoms with Crippen molar-refractivity contribution >= 4 is 11.0 Å². The summed E-state index contributed by atoms with van der Waals surface area (Å²) in [6.07, 6.45) is -1.09. The van der Waals surface area contributed by atoms with E-state index in [0.717, 1.165) is 16.6 Å². The molecule has 0 saturated heterocycles. The monoisotopic (exact) mass is 296 g/mol. The molecule has 0 aliphatic heterocycles. The molecule has 0 amide bonds. The fraction of sp³-hybridized carbons (Fsp3) is 0.278. The minimum absolute atomic E-state index is 0.460. The van der Waals surface area contributed by atoms with Gasteiger partial charge in [0.2, 0.25) is 6.41 Å². The normalized spacial score (nSPS) is 13.5. The van der Waals surface area contributed by atoms with Gasteiger partial charge in [0.1, 0.15) is 5.82 Å². The summed E-state index contributed by atoms with van der Waals surface area (Å²) in [5, 5.41) is 10.6. The molecule has 22 heavy (non-hydrogen) atoms. The van der Waals surface area contributed by atoms with Crippen molar-refractivity contribution in [2.75, 3.05) is 0 Å². The van der Waals surface area contributed by atoms with Gasteiger partial charge in [-0.15, -0.1) is 0 Å². The number of ether oxygens (including phenoxy) is 1. The third kappa shape index (κ3) is 2.89. The van der Waals surface area contributed by atoms with Crippen LogP contribution in [0.5, 0.6) is 0 Å². The van der Waals surface area contributed by atoms with E-state index in [4.69, 9.17) is 4.74 Å². The Hall–Kier alpha value is -2.17. The fourth-order valence-electron chi connectivity index (χ4n) is 2.43. The highest BCUT2D eigenvalue weighted by Gasteiger charge is 2.23. The Morgan fingerprint density at radius 3 is 2.32 bits per heavy atom. The number of aliphatic hydroxyl groups excluding tert-OH is 1. The molecule has 4 nitrogen and oxygen atoms in total. The number of hydrogen-bond acceptors (Lipinski definition) is 3. The summed E-state index contributed by atoms with van der Waals surface area (Å²) in [4.78, 5) is 4.66. The van der Waals surface area contributed by atoms with Crippen LogP contribution in [0.3, 0.4) is 0 Å². The van der Waals surface area contributed by atoms with Crippen molar-refractivity contribution < 1.29 is 9.84 Å². The zero-order valence-electron chi connectivity index (χ0n) is 13.0. The predicted octanol–water partition coefficient (Wildman–Crippen LogP) is 3.97. The number of hydrogen-bond donors (Lipinski definition) is 1. The lowest BCUT2D eigenvalue weighted by Gasteiger charge is -2.26. The van der Waals surface area contributed by atoms with Gasteiger partial charge in [0.15, 0.2) is 0 Å². The van der Waals surface area contributed by atoms with Crippen LogP contribution >= 0.6 is 0 Å². The van der Waals surface area contributed by atoms with Crippen LogP contribution in [0.1, 0.15) is 27.2 Å². The number of aliphatic hydroxyl groups is 1. The van der Waals surface area contributed by atoms with Crippen LogP contribution in [0.25, 0.3) is 22.4 Å². The largest absolute Gasteiger partial charge is 0.351 e. The molecule has 3 rings (SSSR count). The van der Waals surface area contributed by atoms with Crippen LogP contribution in [0.2, 0.25) is 0 Å². The van der Waals surface area contributed by atoms with E-state index in [1.807, 2.05) is 75.4 Å². The van der Waals surface area contributed by atoms with E-state index >= 15 is 0 Å². The molecule has 0 fully saturated rings. The third-order valence-electron chi connectivity index (χ3n) is 3.31. The molecule has 0 spiro atoms. The fourth-order valence-corrected chi connectivity index (χ4v) is 2.43. The molecular formula is C18H20N2O2. The smallest absolute Gasteiger partial charge is 0.244 e. The maximum atomic E-state index is 10.6. The molecule has 0 saturated carbocycles. The maximum Gasteiger partial charge on any atom is 0.244 e. The van der Waals surface area contributed by atoms with Crippen molar-refractivity contribution in [3.05, 3.63) is 54.6 Å². The van der Waals surface area contributed by atoms with Crippen LogP contribution in [0.15, 0.2) is 54.6 Å². The standard InChI is InChI=1S/C18H20N2O2/c1-18(2,3)22-17(21)20-15-12-8-7-11-14(15)19-16(20)13-9-5-4-6-10-13/h4-12,17,21H,1-3H3. The van der Waals surface area contributed by atoms with Gasteiger partial charge in [0.25, 0.3) is 0 Å². The van der Waals surface area contributed by atoms with Crippen LogP contribution in [0.4, 0.5) is 0 Å². The molecular weight excluding hydrogens is 276 g/mol. The van der Waals surface area contributed by atoms with E-state index in [2.05, 4.69) is 4.98 Å². The Kier molecular flexibility index (Phi) is 3.72. The molecule has 0 radical (unpaired) electrons. The second-order valence-corrected chi connectivity index (χ2v) is 6.22. The highest BCUT2D eigenvalue weighted by Crippen LogP contribution is 2.29. The zero-order chi connectivity index (χ0) is 15.7. The average Bonchev–Trinajstić information content (AvgIpc) is 2.86. The lowest BCUT2D eigenvalue weighted by atomic mass is 10.2. The van der Waals surface area contributed by atoms with Crippen molar-refractivity contribution in [1.29, 1.82) is 0 Å². The Bertz CT molecular complexity index is 773. The van der Waals surface area contributed by atoms with Crippen molar-refractivity contribution in [1.82, 2.24) is 9.55 Å². The van der Waals surface area contributed by atoms with Gasteiger partial charge in [-0.1, -0.05) is 42.5 Å². The molecule has 0 aliphatic carbocycles. The number of rotatable bonds is 3. The Morgan fingerprint density at radius 2 is 1.64 bits per heavy atom. The highest BCUT2D eigenvalue weighted by atomic mass is 16.6. The third-order valence-corrected chi connectivity index (χ3v) is 3.31. The summed E-state index contributed by atoms with van der Waals surface area (Å²) in [6.45, 7) is 5.74. The molecule has 4 heteroatoms. The summed E-state index contributed by atoms with van der Waals surface area (Å²) in [6, 6.07) is 17.5. The summed E-state index contributed by atoms with van der Waals surface area (Å²) in [5.41, 5.74) is 2.16. The lowest BCUT2D eigenvalue weighted by molar-refractivity contribution is -0.207. The number of aromatic nitrogens is 2. The van der Waals surface area contributed by atoms with Gasteiger partial charge in [0.05, 0.1) is 16.6 Å². The molecule has 0 bridgehead atoms. The molecule has 1 atom stereocenters. The summed E-state index contributed by atoms with van der Waals surface area (Å²) < 4.78 is 7.46. The topological polar surface area (TPSA) is 47.3 Å². The first-order valence-electron chi connectivity index (χ1n) is 7.34. The van der Waals surface area contributed by atoms with E-state index in [9.17, 15) is 5.11 Å². The quantitative estimate of drug-likeness (QED) is 0.744. The van der Waals surface area contributed by atoms with Crippen molar-refractivity contribution in [3.63, 3.8) is 0 Å². The second-order valence-electron chi connectivity index (χ2n) is 6.22. The predicted molar refractivity (Wildman–Crippen MR) is 87.3 cm³/mol. The van der Waals surface area contributed by atoms with E-state index in [0.29, 0.717) is 5.82 Å². The second kappa shape index (κ2) is 5.55. The molecule has 1 aromatic heterocycles. The zero-order valence-corrected chi connectivity index (χ0v) is 13.0. The van der Waals surface area contributed by atoms with Crippen LogP contribution < -0.4 is 0 Å². The van der Waals surface area contributed by atoms with Crippen LogP contribution in [0, 0.1) is 0 Å². The van der Waals surface area contributed by atoms with Gasteiger partial charge in [-0.05, 0) is 32.9 Å². The van der Waals surface area contributed by atoms with E-state index < -0.39 is 12.0 Å². The van der Waals surface area contributed by atoms with Gasteiger partial charge in [0, 0.05) is 5.56 Å². The van der Waals surface area contributed by atoms with Crippen LogP contribution in [-0.4, -0.2) is 20.3 Å². The van der Waals surface area contributed by atoms with Gasteiger partial charge >= 0.3 is 0 Å². The summed E-state index contributed by atoms with van der Waals surface area (Å²) in [5.74, 6) is 0.693. The number of benzene rings is 2. The lowest BCUT2D eigenvalue weighted by Crippen LogP contribution is -2.26. The highest BCUT2D eigenvalue weighted by molar-refractivity contribution is 5.80. The molecule has 1 N–H and O–H groups in total. The van der Waals surface area contributed by atoms with Crippen molar-refractivity contribution in [2.45, 2.75) is 32.8 Å². The maximum absolute atomic E-state index is 10.6. The number of fused-ring (bicyclic) bond motifs is 1. The van der Waals surface area contributed by atoms with Gasteiger partial charge in [-0.25, -0.2) is 4.98 Å². The Balaban J connectivity index is 2.17. The van der Waals surface area contributed by atoms with Gasteiger partial charge < -0.3 is 9.84 Å². The number of para-hydroxylation sites is 2. The van der Waals surface area contributed by atoms with Gasteiger partial charge in [-0.3, -0.25) is 4.57 Å². The minimum Gasteiger partial charge on any atom is -0.351 e. The average molecular weight is 296 g/mol. The molecule has 3 aromatic rings. The number of nitrogens with zero attached hydrogens (tertiary/aromatic N) is 2. The first-order chi connectivity index (χ1) is 10.5. The first kappa shape index (κ1) is 14.8. The van der Waals surface area contributed by atoms with Crippen molar-refractivity contribution in [3.8, 4) is 11.4 Å². The van der Waals surface area contributed by atoms with E-state index in [-0.39, 0.29) is 0 Å². The summed E-state index contributed by atoms with van der Waals surface area (Å²) in [7, 11) is 0. The molecule has 2 aromatic carbocycles. The van der Waals surface area contributed by atoms with Crippen molar-refractivity contribution in [2.24, 2.45) is 0 Å². The van der Waals surface area contributed by atoms with E-state index in [1.165, 1.54) is 0 Å². The molecule has 1 heterocycles. The summed E-state index contributed by atoms with van der Waals surface area (Å²) >= 11 is 0. The minimum atomic E-state index is -1.09. The molecule has 0 aliphatic rings. The van der Waals surface area contributed by atoms with E-state index in [1.54, 1.807) is 4.57 Å². The SMILES string of the molecule is CC(C)(C)OC(O)n1c(-c2ccccc2)nc2ccccc21. The van der Waals surface area contributed by atoms with Gasteiger partial charge in [-0.2, -0.15) is 0 Å². The Morgan fingerprint density at radius 1 is 1.00 bits per heavy atom.